The quantitative estimate of drug-likeness (QED) is 0.810. The van der Waals surface area contributed by atoms with E-state index in [0.717, 1.165) is 17.1 Å². The lowest BCUT2D eigenvalue weighted by Gasteiger charge is -2.24. The van der Waals surface area contributed by atoms with E-state index in [1.165, 1.54) is 5.56 Å². The third-order valence-electron chi connectivity index (χ3n) is 4.00. The predicted molar refractivity (Wildman–Crippen MR) is 99.2 cm³/mol. The van der Waals surface area contributed by atoms with Gasteiger partial charge < -0.3 is 20.1 Å². The minimum absolute atomic E-state index is 0.183. The van der Waals surface area contributed by atoms with E-state index in [-0.39, 0.29) is 6.04 Å². The molecule has 1 aliphatic heterocycles. The fraction of sp³-hybridized carbons (Fsp3) is 0.316. The lowest BCUT2D eigenvalue weighted by Crippen LogP contribution is -2.39. The van der Waals surface area contributed by atoms with Gasteiger partial charge in [-0.05, 0) is 41.4 Å². The lowest BCUT2D eigenvalue weighted by molar-refractivity contribution is 0.174. The van der Waals surface area contributed by atoms with Gasteiger partial charge in [0.2, 0.25) is 6.79 Å². The fourth-order valence-corrected chi connectivity index (χ4v) is 2.92. The van der Waals surface area contributed by atoms with Crippen LogP contribution in [0.25, 0.3) is 0 Å². The molecule has 24 heavy (non-hydrogen) atoms. The van der Waals surface area contributed by atoms with Gasteiger partial charge in [-0.1, -0.05) is 50.2 Å². The van der Waals surface area contributed by atoms with Crippen molar-refractivity contribution in [3.05, 3.63) is 59.7 Å². The Hall–Kier alpha value is -2.27. The van der Waals surface area contributed by atoms with E-state index >= 15 is 0 Å². The molecule has 3 rings (SSSR count). The monoisotopic (exact) mass is 342 g/mol. The van der Waals surface area contributed by atoms with Gasteiger partial charge >= 0.3 is 0 Å². The Morgan fingerprint density at radius 1 is 1.08 bits per heavy atom. The molecular formula is C19H22N2O2S. The normalized spacial score (nSPS) is 13.6. The van der Waals surface area contributed by atoms with Crippen molar-refractivity contribution in [1.29, 1.82) is 0 Å². The molecule has 0 amide bonds. The average molecular weight is 342 g/mol. The summed E-state index contributed by atoms with van der Waals surface area (Å²) < 4.78 is 10.7. The third kappa shape index (κ3) is 3.97. The molecular weight excluding hydrogens is 320 g/mol. The molecule has 0 aliphatic carbocycles. The smallest absolute Gasteiger partial charge is 0.231 e. The van der Waals surface area contributed by atoms with Crippen molar-refractivity contribution in [1.82, 2.24) is 10.6 Å². The van der Waals surface area contributed by atoms with Crippen LogP contribution in [0.3, 0.4) is 0 Å². The molecule has 126 valence electrons. The number of nitrogens with one attached hydrogen (secondary N) is 2. The van der Waals surface area contributed by atoms with Gasteiger partial charge in [-0.3, -0.25) is 0 Å². The van der Waals surface area contributed by atoms with Gasteiger partial charge in [-0.25, -0.2) is 0 Å². The molecule has 0 aromatic heterocycles. The molecule has 0 saturated heterocycles. The number of hydrogen-bond acceptors (Lipinski definition) is 3. The summed E-state index contributed by atoms with van der Waals surface area (Å²) in [7, 11) is 0. The number of hydrogen-bond donors (Lipinski definition) is 2. The van der Waals surface area contributed by atoms with Crippen LogP contribution in [0.15, 0.2) is 48.5 Å². The Bertz CT molecular complexity index is 704. The van der Waals surface area contributed by atoms with Crippen LogP contribution in [0.4, 0.5) is 0 Å². The Labute approximate surface area is 148 Å². The van der Waals surface area contributed by atoms with Crippen LogP contribution in [0.2, 0.25) is 0 Å². The third-order valence-corrected chi connectivity index (χ3v) is 4.26. The summed E-state index contributed by atoms with van der Waals surface area (Å²) in [4.78, 5) is 0. The SMILES string of the molecule is CC(C)[C@H](NC(=S)NCc1ccc2c(c1)OCO2)c1ccccc1. The van der Waals surface area contributed by atoms with Crippen LogP contribution in [-0.2, 0) is 6.54 Å². The molecule has 0 unspecified atom stereocenters. The maximum Gasteiger partial charge on any atom is 0.231 e. The van der Waals surface area contributed by atoms with Gasteiger partial charge in [0, 0.05) is 6.54 Å². The summed E-state index contributed by atoms with van der Waals surface area (Å²) in [6, 6.07) is 16.5. The molecule has 0 bridgehead atoms. The number of thiocarbonyl (C=S) groups is 1. The minimum atomic E-state index is 0.183. The summed E-state index contributed by atoms with van der Waals surface area (Å²) in [5, 5.41) is 7.34. The molecule has 2 N–H and O–H groups in total. The second-order valence-corrected chi connectivity index (χ2v) is 6.56. The maximum absolute atomic E-state index is 5.47. The Morgan fingerprint density at radius 3 is 2.58 bits per heavy atom. The Kier molecular flexibility index (Phi) is 5.20. The fourth-order valence-electron chi connectivity index (χ4n) is 2.72. The molecule has 2 aromatic rings. The van der Waals surface area contributed by atoms with E-state index in [1.54, 1.807) is 0 Å². The lowest BCUT2D eigenvalue weighted by atomic mass is 9.96. The largest absolute Gasteiger partial charge is 0.454 e. The highest BCUT2D eigenvalue weighted by molar-refractivity contribution is 7.80. The number of fused-ring (bicyclic) bond motifs is 1. The molecule has 1 atom stereocenters. The molecule has 5 heteroatoms. The van der Waals surface area contributed by atoms with E-state index in [2.05, 4.69) is 48.7 Å². The second kappa shape index (κ2) is 7.53. The maximum atomic E-state index is 5.47. The van der Waals surface area contributed by atoms with Gasteiger partial charge in [-0.15, -0.1) is 0 Å². The molecule has 0 spiro atoms. The Morgan fingerprint density at radius 2 is 1.83 bits per heavy atom. The average Bonchev–Trinajstić information content (AvgIpc) is 3.06. The van der Waals surface area contributed by atoms with Crippen LogP contribution < -0.4 is 20.1 Å². The van der Waals surface area contributed by atoms with Gasteiger partial charge in [-0.2, -0.15) is 0 Å². The first kappa shape index (κ1) is 16.6. The van der Waals surface area contributed by atoms with Crippen LogP contribution in [0.5, 0.6) is 11.5 Å². The van der Waals surface area contributed by atoms with E-state index in [1.807, 2.05) is 24.3 Å². The van der Waals surface area contributed by atoms with Crippen molar-refractivity contribution < 1.29 is 9.47 Å². The van der Waals surface area contributed by atoms with Crippen molar-refractivity contribution in [2.24, 2.45) is 5.92 Å². The molecule has 1 aliphatic rings. The molecule has 2 aromatic carbocycles. The first-order valence-corrected chi connectivity index (χ1v) is 8.52. The van der Waals surface area contributed by atoms with E-state index in [9.17, 15) is 0 Å². The molecule has 0 saturated carbocycles. The molecule has 0 fully saturated rings. The first-order valence-electron chi connectivity index (χ1n) is 8.11. The number of benzene rings is 2. The van der Waals surface area contributed by atoms with Crippen molar-refractivity contribution in [2.45, 2.75) is 26.4 Å². The molecule has 4 nitrogen and oxygen atoms in total. The summed E-state index contributed by atoms with van der Waals surface area (Å²) in [5.74, 6) is 2.01. The van der Waals surface area contributed by atoms with Crippen molar-refractivity contribution in [3.8, 4) is 11.5 Å². The number of ether oxygens (including phenoxy) is 2. The highest BCUT2D eigenvalue weighted by atomic mass is 32.1. The van der Waals surface area contributed by atoms with Crippen molar-refractivity contribution in [3.63, 3.8) is 0 Å². The van der Waals surface area contributed by atoms with Crippen molar-refractivity contribution in [2.75, 3.05) is 6.79 Å². The van der Waals surface area contributed by atoms with Crippen LogP contribution in [-0.4, -0.2) is 11.9 Å². The van der Waals surface area contributed by atoms with Crippen molar-refractivity contribution >= 4 is 17.3 Å². The standard InChI is InChI=1S/C19H22N2O2S/c1-13(2)18(15-6-4-3-5-7-15)21-19(24)20-11-14-8-9-16-17(10-14)23-12-22-16/h3-10,13,18H,11-12H2,1-2H3,(H2,20,21,24)/t18-/m0/s1. The van der Waals surface area contributed by atoms with Crippen LogP contribution in [0, 0.1) is 5.92 Å². The van der Waals surface area contributed by atoms with E-state index < -0.39 is 0 Å². The zero-order valence-electron chi connectivity index (χ0n) is 13.9. The molecule has 1 heterocycles. The Balaban J connectivity index is 1.58. The van der Waals surface area contributed by atoms with Gasteiger partial charge in [0.25, 0.3) is 0 Å². The van der Waals surface area contributed by atoms with Gasteiger partial charge in [0.05, 0.1) is 6.04 Å². The predicted octanol–water partition coefficient (Wildman–Crippen LogP) is 3.78. The number of rotatable bonds is 5. The van der Waals surface area contributed by atoms with Crippen LogP contribution >= 0.6 is 12.2 Å². The van der Waals surface area contributed by atoms with Crippen LogP contribution in [0.1, 0.15) is 31.0 Å². The summed E-state index contributed by atoms with van der Waals surface area (Å²) in [6.07, 6.45) is 0. The summed E-state index contributed by atoms with van der Waals surface area (Å²) in [5.41, 5.74) is 2.34. The summed E-state index contributed by atoms with van der Waals surface area (Å²) in [6.45, 7) is 5.30. The van der Waals surface area contributed by atoms with E-state index in [4.69, 9.17) is 21.7 Å². The zero-order valence-corrected chi connectivity index (χ0v) is 14.7. The highest BCUT2D eigenvalue weighted by Gasteiger charge is 2.17. The summed E-state index contributed by atoms with van der Waals surface area (Å²) >= 11 is 5.47. The topological polar surface area (TPSA) is 42.5 Å². The first-order chi connectivity index (χ1) is 11.6. The molecule has 0 radical (unpaired) electrons. The van der Waals surface area contributed by atoms with Gasteiger partial charge in [0.1, 0.15) is 0 Å². The second-order valence-electron chi connectivity index (χ2n) is 6.15. The minimum Gasteiger partial charge on any atom is -0.454 e. The zero-order chi connectivity index (χ0) is 16.9. The van der Waals surface area contributed by atoms with E-state index in [0.29, 0.717) is 24.4 Å². The van der Waals surface area contributed by atoms with Gasteiger partial charge in [0.15, 0.2) is 16.6 Å². The highest BCUT2D eigenvalue weighted by Crippen LogP contribution is 2.32.